The average Bonchev–Trinajstić information content (AvgIpc) is 3.15. The highest BCUT2D eigenvalue weighted by Crippen LogP contribution is 2.27. The van der Waals surface area contributed by atoms with E-state index in [1.807, 2.05) is 0 Å². The van der Waals surface area contributed by atoms with Crippen LogP contribution in [0.15, 0.2) is 29.2 Å². The molecule has 1 aromatic rings. The molecule has 1 aliphatic carbocycles. The third kappa shape index (κ3) is 3.55. The van der Waals surface area contributed by atoms with E-state index in [4.69, 9.17) is 4.74 Å². The molecule has 1 saturated carbocycles. The van der Waals surface area contributed by atoms with Crippen molar-refractivity contribution in [2.24, 2.45) is 0 Å². The van der Waals surface area contributed by atoms with E-state index in [9.17, 15) is 13.5 Å². The molecule has 1 aliphatic heterocycles. The lowest BCUT2D eigenvalue weighted by Gasteiger charge is -2.22. The van der Waals surface area contributed by atoms with Crippen molar-refractivity contribution in [1.82, 2.24) is 4.72 Å². The van der Waals surface area contributed by atoms with Gasteiger partial charge in [-0.2, -0.15) is 0 Å². The summed E-state index contributed by atoms with van der Waals surface area (Å²) in [5, 5.41) is 13.3. The Hall–Kier alpha value is -1.15. The second-order valence-corrected chi connectivity index (χ2v) is 7.45. The second-order valence-electron chi connectivity index (χ2n) is 5.77. The van der Waals surface area contributed by atoms with Crippen LogP contribution in [-0.2, 0) is 14.8 Å². The summed E-state index contributed by atoms with van der Waals surface area (Å²) < 4.78 is 32.5. The number of sulfonamides is 1. The van der Waals surface area contributed by atoms with E-state index in [0.717, 1.165) is 12.8 Å². The number of hydrogen-bond donors (Lipinski definition) is 3. The van der Waals surface area contributed by atoms with E-state index < -0.39 is 15.6 Å². The summed E-state index contributed by atoms with van der Waals surface area (Å²) in [6.07, 6.45) is 2.34. The van der Waals surface area contributed by atoms with Crippen molar-refractivity contribution < 1.29 is 18.3 Å². The third-order valence-electron chi connectivity index (χ3n) is 3.77. The van der Waals surface area contributed by atoms with Crippen LogP contribution in [0.5, 0.6) is 0 Å². The van der Waals surface area contributed by atoms with E-state index in [1.54, 1.807) is 24.3 Å². The van der Waals surface area contributed by atoms with Crippen molar-refractivity contribution >= 4 is 15.7 Å². The predicted molar refractivity (Wildman–Crippen MR) is 78.7 cm³/mol. The molecule has 21 heavy (non-hydrogen) atoms. The molecule has 0 aromatic heterocycles. The van der Waals surface area contributed by atoms with Gasteiger partial charge in [-0.05, 0) is 25.0 Å². The van der Waals surface area contributed by atoms with Gasteiger partial charge in [0, 0.05) is 25.6 Å². The van der Waals surface area contributed by atoms with Crippen LogP contribution >= 0.6 is 0 Å². The molecule has 0 spiro atoms. The summed E-state index contributed by atoms with van der Waals surface area (Å²) in [5.41, 5.74) is -0.424. The van der Waals surface area contributed by atoms with Gasteiger partial charge in [0.15, 0.2) is 0 Å². The summed E-state index contributed by atoms with van der Waals surface area (Å²) in [7, 11) is -3.52. The van der Waals surface area contributed by atoms with E-state index in [0.29, 0.717) is 18.7 Å². The summed E-state index contributed by atoms with van der Waals surface area (Å²) in [5.74, 6) is 0. The first-order valence-corrected chi connectivity index (χ1v) is 8.62. The quantitative estimate of drug-likeness (QED) is 0.719. The van der Waals surface area contributed by atoms with E-state index in [2.05, 4.69) is 10.0 Å². The van der Waals surface area contributed by atoms with Crippen LogP contribution in [0.1, 0.15) is 19.3 Å². The molecule has 3 rings (SSSR count). The normalized spacial score (nSPS) is 26.0. The number of nitrogens with one attached hydrogen (secondary N) is 2. The number of benzene rings is 1. The lowest BCUT2D eigenvalue weighted by atomic mass is 10.0. The molecule has 116 valence electrons. The molecule has 2 aliphatic rings. The smallest absolute Gasteiger partial charge is 0.242 e. The zero-order chi connectivity index (χ0) is 14.9. The first-order chi connectivity index (χ1) is 9.99. The molecular formula is C14H20N2O4S. The lowest BCUT2D eigenvalue weighted by molar-refractivity contribution is 0.0381. The minimum absolute atomic E-state index is 0.0653. The Morgan fingerprint density at radius 2 is 2.10 bits per heavy atom. The zero-order valence-corrected chi connectivity index (χ0v) is 12.5. The number of aliphatic hydroxyl groups is 1. The maximum Gasteiger partial charge on any atom is 0.242 e. The summed E-state index contributed by atoms with van der Waals surface area (Å²) >= 11 is 0. The minimum Gasteiger partial charge on any atom is -0.386 e. The molecule has 3 N–H and O–H groups in total. The van der Waals surface area contributed by atoms with Crippen molar-refractivity contribution in [1.29, 1.82) is 0 Å². The average molecular weight is 312 g/mol. The molecule has 1 heterocycles. The maximum absolute atomic E-state index is 12.3. The van der Waals surface area contributed by atoms with Crippen LogP contribution in [0, 0.1) is 0 Å². The Balaban J connectivity index is 1.75. The highest BCUT2D eigenvalue weighted by atomic mass is 32.2. The van der Waals surface area contributed by atoms with Gasteiger partial charge < -0.3 is 15.2 Å². The standard InChI is InChI=1S/C14H20N2O4S/c17-14(7-8-20-10-14)9-15-12-3-1-2-4-13(12)21(18,19)16-11-5-6-11/h1-4,11,15-17H,5-10H2. The molecule has 0 radical (unpaired) electrons. The fraction of sp³-hybridized carbons (Fsp3) is 0.571. The summed E-state index contributed by atoms with van der Waals surface area (Å²) in [6.45, 7) is 1.07. The number of anilines is 1. The zero-order valence-electron chi connectivity index (χ0n) is 11.7. The first kappa shape index (κ1) is 14.8. The molecular weight excluding hydrogens is 292 g/mol. The number of para-hydroxylation sites is 1. The van der Waals surface area contributed by atoms with Gasteiger partial charge in [0.25, 0.3) is 0 Å². The first-order valence-electron chi connectivity index (χ1n) is 7.14. The Morgan fingerprint density at radius 1 is 1.33 bits per heavy atom. The van der Waals surface area contributed by atoms with Crippen LogP contribution in [0.2, 0.25) is 0 Å². The van der Waals surface area contributed by atoms with Gasteiger partial charge in [-0.25, -0.2) is 13.1 Å². The number of ether oxygens (including phenoxy) is 1. The fourth-order valence-corrected chi connectivity index (χ4v) is 3.82. The molecule has 1 atom stereocenters. The van der Waals surface area contributed by atoms with Crippen LogP contribution in [0.3, 0.4) is 0 Å². The van der Waals surface area contributed by atoms with Gasteiger partial charge in [0.05, 0.1) is 12.3 Å². The van der Waals surface area contributed by atoms with Crippen molar-refractivity contribution in [2.45, 2.75) is 35.8 Å². The highest BCUT2D eigenvalue weighted by molar-refractivity contribution is 7.89. The highest BCUT2D eigenvalue weighted by Gasteiger charge is 2.33. The van der Waals surface area contributed by atoms with Gasteiger partial charge in [-0.1, -0.05) is 12.1 Å². The van der Waals surface area contributed by atoms with Crippen molar-refractivity contribution in [3.05, 3.63) is 24.3 Å². The summed E-state index contributed by atoms with van der Waals surface area (Å²) in [4.78, 5) is 0.222. The van der Waals surface area contributed by atoms with Gasteiger partial charge in [0.2, 0.25) is 10.0 Å². The molecule has 1 saturated heterocycles. The molecule has 1 aromatic carbocycles. The summed E-state index contributed by atoms with van der Waals surface area (Å²) in [6, 6.07) is 6.81. The van der Waals surface area contributed by atoms with E-state index >= 15 is 0 Å². The van der Waals surface area contributed by atoms with Crippen molar-refractivity contribution in [3.63, 3.8) is 0 Å². The van der Waals surface area contributed by atoms with Crippen molar-refractivity contribution in [3.8, 4) is 0 Å². The molecule has 1 unspecified atom stereocenters. The molecule has 7 heteroatoms. The Bertz CT molecular complexity index is 607. The lowest BCUT2D eigenvalue weighted by Crippen LogP contribution is -2.37. The van der Waals surface area contributed by atoms with Crippen LogP contribution in [0.4, 0.5) is 5.69 Å². The minimum atomic E-state index is -3.52. The van der Waals surface area contributed by atoms with Crippen LogP contribution in [-0.4, -0.2) is 44.9 Å². The molecule has 6 nitrogen and oxygen atoms in total. The van der Waals surface area contributed by atoms with Crippen LogP contribution in [0.25, 0.3) is 0 Å². The van der Waals surface area contributed by atoms with E-state index in [1.165, 1.54) is 0 Å². The molecule has 0 amide bonds. The predicted octanol–water partition coefficient (Wildman–Crippen LogP) is 0.691. The second kappa shape index (κ2) is 5.57. The fourth-order valence-electron chi connectivity index (χ4n) is 2.33. The van der Waals surface area contributed by atoms with Gasteiger partial charge in [-0.15, -0.1) is 0 Å². The largest absolute Gasteiger partial charge is 0.386 e. The van der Waals surface area contributed by atoms with Gasteiger partial charge >= 0.3 is 0 Å². The van der Waals surface area contributed by atoms with Gasteiger partial charge in [0.1, 0.15) is 10.5 Å². The topological polar surface area (TPSA) is 87.7 Å². The Kier molecular flexibility index (Phi) is 3.92. The van der Waals surface area contributed by atoms with Crippen molar-refractivity contribution in [2.75, 3.05) is 25.1 Å². The van der Waals surface area contributed by atoms with Gasteiger partial charge in [-0.3, -0.25) is 0 Å². The Morgan fingerprint density at radius 3 is 2.76 bits per heavy atom. The number of hydrogen-bond acceptors (Lipinski definition) is 5. The van der Waals surface area contributed by atoms with E-state index in [-0.39, 0.29) is 24.1 Å². The number of rotatable bonds is 6. The SMILES string of the molecule is O=S(=O)(NC1CC1)c1ccccc1NCC1(O)CCOC1. The third-order valence-corrected chi connectivity index (χ3v) is 5.34. The monoisotopic (exact) mass is 312 g/mol. The Labute approximate surface area is 124 Å². The van der Waals surface area contributed by atoms with Crippen LogP contribution < -0.4 is 10.0 Å². The molecule has 2 fully saturated rings. The molecule has 0 bridgehead atoms. The maximum atomic E-state index is 12.3.